The van der Waals surface area contributed by atoms with E-state index in [1.165, 1.54) is 5.54 Å². The topological polar surface area (TPSA) is 26.3 Å². The van der Waals surface area contributed by atoms with Crippen molar-refractivity contribution in [2.75, 3.05) is 6.61 Å². The summed E-state index contributed by atoms with van der Waals surface area (Å²) in [6.07, 6.45) is 0.361. The summed E-state index contributed by atoms with van der Waals surface area (Å²) in [6.45, 7) is 1.64. The Bertz CT molecular complexity index is 407. The van der Waals surface area contributed by atoms with Crippen molar-refractivity contribution >= 4 is 17.9 Å². The minimum absolute atomic E-state index is 0.0161. The molecule has 0 atom stereocenters. The van der Waals surface area contributed by atoms with Gasteiger partial charge in [-0.05, 0) is 24.6 Å². The Labute approximate surface area is 96.5 Å². The molecule has 0 radical (unpaired) electrons. The van der Waals surface area contributed by atoms with Gasteiger partial charge in [0.15, 0.2) is 17.4 Å². The zero-order chi connectivity index (χ0) is 12.1. The molecular weight excluding hydrogens is 238 g/mol. The third-order valence-electron chi connectivity index (χ3n) is 1.79. The van der Waals surface area contributed by atoms with Crippen molar-refractivity contribution in [2.24, 2.45) is 0 Å². The van der Waals surface area contributed by atoms with Gasteiger partial charge >= 0.3 is 0 Å². The van der Waals surface area contributed by atoms with Crippen LogP contribution in [0.3, 0.4) is 0 Å². The van der Waals surface area contributed by atoms with Crippen molar-refractivity contribution in [3.63, 3.8) is 0 Å². The number of aldehydes is 1. The van der Waals surface area contributed by atoms with Crippen molar-refractivity contribution in [1.29, 1.82) is 0 Å². The second-order valence-corrected chi connectivity index (χ2v) is 3.39. The van der Waals surface area contributed by atoms with Gasteiger partial charge in [-0.25, -0.2) is 8.78 Å². The van der Waals surface area contributed by atoms with E-state index in [2.05, 4.69) is 0 Å². The Kier molecular flexibility index (Phi) is 4.43. The van der Waals surface area contributed by atoms with Crippen LogP contribution < -0.4 is 4.74 Å². The molecule has 0 saturated heterocycles. The molecule has 0 fully saturated rings. The van der Waals surface area contributed by atoms with Gasteiger partial charge in [0.2, 0.25) is 0 Å². The second-order valence-electron chi connectivity index (χ2n) is 3.18. The highest BCUT2D eigenvalue weighted by molar-refractivity contribution is 6.25. The van der Waals surface area contributed by atoms with Crippen LogP contribution in [0.4, 0.5) is 8.78 Å². The molecule has 1 aromatic rings. The van der Waals surface area contributed by atoms with Gasteiger partial charge in [0, 0.05) is 11.1 Å². The van der Waals surface area contributed by atoms with E-state index in [-0.39, 0.29) is 12.2 Å². The molecule has 16 heavy (non-hydrogen) atoms. The SMILES string of the molecule is CC(=CCl)COc1c(F)cc(C=O)cc1F. The Balaban J connectivity index is 2.92. The fourth-order valence-electron chi connectivity index (χ4n) is 1.00. The number of benzene rings is 1. The number of rotatable bonds is 4. The quantitative estimate of drug-likeness (QED) is 0.762. The van der Waals surface area contributed by atoms with Crippen molar-refractivity contribution in [2.45, 2.75) is 6.92 Å². The molecule has 86 valence electrons. The fraction of sp³-hybridized carbons (Fsp3) is 0.182. The first-order valence-corrected chi connectivity index (χ1v) is 4.85. The molecule has 1 rings (SSSR count). The van der Waals surface area contributed by atoms with Crippen LogP contribution in [-0.2, 0) is 0 Å². The van der Waals surface area contributed by atoms with Gasteiger partial charge in [-0.15, -0.1) is 0 Å². The largest absolute Gasteiger partial charge is 0.483 e. The molecule has 5 heteroatoms. The monoisotopic (exact) mass is 246 g/mol. The van der Waals surface area contributed by atoms with Gasteiger partial charge in [-0.3, -0.25) is 4.79 Å². The lowest BCUT2D eigenvalue weighted by Crippen LogP contribution is -2.03. The van der Waals surface area contributed by atoms with Crippen LogP contribution in [0.1, 0.15) is 17.3 Å². The van der Waals surface area contributed by atoms with Crippen molar-refractivity contribution < 1.29 is 18.3 Å². The lowest BCUT2D eigenvalue weighted by atomic mass is 10.2. The maximum atomic E-state index is 13.3. The lowest BCUT2D eigenvalue weighted by Gasteiger charge is -2.08. The summed E-state index contributed by atoms with van der Waals surface area (Å²) in [7, 11) is 0. The zero-order valence-corrected chi connectivity index (χ0v) is 9.22. The predicted octanol–water partition coefficient (Wildman–Crippen LogP) is 3.30. The second kappa shape index (κ2) is 5.61. The van der Waals surface area contributed by atoms with Crippen molar-refractivity contribution in [1.82, 2.24) is 0 Å². The van der Waals surface area contributed by atoms with Gasteiger partial charge < -0.3 is 4.74 Å². The summed E-state index contributed by atoms with van der Waals surface area (Å²) in [4.78, 5) is 10.3. The standard InChI is InChI=1S/C11H9ClF2O2/c1-7(4-12)6-16-11-9(13)2-8(5-15)3-10(11)14/h2-5H,6H2,1H3. The van der Waals surface area contributed by atoms with E-state index in [4.69, 9.17) is 16.3 Å². The van der Waals surface area contributed by atoms with Gasteiger partial charge in [0.25, 0.3) is 0 Å². The maximum absolute atomic E-state index is 13.3. The summed E-state index contributed by atoms with van der Waals surface area (Å²) < 4.78 is 31.5. The predicted molar refractivity (Wildman–Crippen MR) is 56.9 cm³/mol. The normalized spacial score (nSPS) is 11.4. The number of halogens is 3. The van der Waals surface area contributed by atoms with E-state index in [9.17, 15) is 13.6 Å². The molecule has 0 bridgehead atoms. The maximum Gasteiger partial charge on any atom is 0.191 e. The summed E-state index contributed by atoms with van der Waals surface area (Å²) in [5.74, 6) is -2.34. The number of carbonyl (C=O) groups excluding carboxylic acids is 1. The van der Waals surface area contributed by atoms with Crippen LogP contribution >= 0.6 is 11.6 Å². The number of ether oxygens (including phenoxy) is 1. The highest BCUT2D eigenvalue weighted by atomic mass is 35.5. The van der Waals surface area contributed by atoms with Crippen molar-refractivity contribution in [3.05, 3.63) is 40.4 Å². The van der Waals surface area contributed by atoms with E-state index in [0.717, 1.165) is 12.1 Å². The Morgan fingerprint density at radius 3 is 2.44 bits per heavy atom. The average molecular weight is 247 g/mol. The number of hydrogen-bond donors (Lipinski definition) is 0. The average Bonchev–Trinajstić information content (AvgIpc) is 2.27. The number of hydrogen-bond acceptors (Lipinski definition) is 2. The molecular formula is C11H9ClF2O2. The van der Waals surface area contributed by atoms with E-state index >= 15 is 0 Å². The molecule has 0 aromatic heterocycles. The van der Waals surface area contributed by atoms with Gasteiger partial charge in [0.05, 0.1) is 0 Å². The molecule has 1 aromatic carbocycles. The molecule has 0 aliphatic rings. The molecule has 0 aliphatic carbocycles. The minimum Gasteiger partial charge on any atom is -0.483 e. The Morgan fingerprint density at radius 2 is 2.00 bits per heavy atom. The minimum atomic E-state index is -0.913. The van der Waals surface area contributed by atoms with Crippen molar-refractivity contribution in [3.8, 4) is 5.75 Å². The molecule has 0 amide bonds. The summed E-state index contributed by atoms with van der Waals surface area (Å²) in [5, 5.41) is 0. The third-order valence-corrected chi connectivity index (χ3v) is 2.16. The molecule has 0 aliphatic heterocycles. The van der Waals surface area contributed by atoms with Gasteiger partial charge in [0.1, 0.15) is 12.9 Å². The zero-order valence-electron chi connectivity index (χ0n) is 8.47. The van der Waals surface area contributed by atoms with Crippen LogP contribution in [0.2, 0.25) is 0 Å². The first-order valence-electron chi connectivity index (χ1n) is 4.41. The Hall–Kier alpha value is -1.42. The van der Waals surface area contributed by atoms with E-state index < -0.39 is 17.4 Å². The molecule has 2 nitrogen and oxygen atoms in total. The van der Waals surface area contributed by atoms with E-state index in [0.29, 0.717) is 11.9 Å². The van der Waals surface area contributed by atoms with Gasteiger partial charge in [-0.2, -0.15) is 0 Å². The first-order chi connectivity index (χ1) is 7.58. The number of carbonyl (C=O) groups is 1. The molecule has 0 saturated carbocycles. The Morgan fingerprint density at radius 1 is 1.44 bits per heavy atom. The molecule has 0 N–H and O–H groups in total. The molecule has 0 heterocycles. The van der Waals surface area contributed by atoms with Crippen LogP contribution in [0.25, 0.3) is 0 Å². The smallest absolute Gasteiger partial charge is 0.191 e. The van der Waals surface area contributed by atoms with Gasteiger partial charge in [-0.1, -0.05) is 11.6 Å². The van der Waals surface area contributed by atoms with Crippen LogP contribution in [0.15, 0.2) is 23.2 Å². The summed E-state index contributed by atoms with van der Waals surface area (Å²) in [6, 6.07) is 1.82. The van der Waals surface area contributed by atoms with Crippen LogP contribution in [-0.4, -0.2) is 12.9 Å². The molecule has 0 unspecified atom stereocenters. The van der Waals surface area contributed by atoms with E-state index in [1.807, 2.05) is 0 Å². The fourth-order valence-corrected chi connectivity index (χ4v) is 1.07. The summed E-state index contributed by atoms with van der Waals surface area (Å²) in [5.41, 5.74) is 1.81. The van der Waals surface area contributed by atoms with Crippen LogP contribution in [0.5, 0.6) is 5.75 Å². The highest BCUT2D eigenvalue weighted by Crippen LogP contribution is 2.23. The van der Waals surface area contributed by atoms with Crippen LogP contribution in [0, 0.1) is 11.6 Å². The lowest BCUT2D eigenvalue weighted by molar-refractivity contribution is 0.112. The first kappa shape index (κ1) is 12.6. The summed E-state index contributed by atoms with van der Waals surface area (Å²) >= 11 is 5.37. The molecule has 0 spiro atoms. The highest BCUT2D eigenvalue weighted by Gasteiger charge is 2.12. The third kappa shape index (κ3) is 3.03. The van der Waals surface area contributed by atoms with E-state index in [1.54, 1.807) is 6.92 Å².